The molecule has 0 saturated carbocycles. The molecule has 0 bridgehead atoms. The maximum absolute atomic E-state index is 12.9. The van der Waals surface area contributed by atoms with Crippen molar-refractivity contribution in [1.29, 1.82) is 0 Å². The van der Waals surface area contributed by atoms with Crippen LogP contribution in [0.4, 0.5) is 0 Å². The number of amides is 2. The fourth-order valence-corrected chi connectivity index (χ4v) is 4.16. The third kappa shape index (κ3) is 6.00. The predicted molar refractivity (Wildman–Crippen MR) is 117 cm³/mol. The summed E-state index contributed by atoms with van der Waals surface area (Å²) >= 11 is 1.44. The quantitative estimate of drug-likeness (QED) is 0.618. The summed E-state index contributed by atoms with van der Waals surface area (Å²) in [6.07, 6.45) is 2.17. The van der Waals surface area contributed by atoms with E-state index in [0.717, 1.165) is 36.6 Å². The highest BCUT2D eigenvalue weighted by atomic mass is 32.2. The molecule has 0 unspecified atom stereocenters. The smallest absolute Gasteiger partial charge is 0.254 e. The van der Waals surface area contributed by atoms with Gasteiger partial charge in [0.15, 0.2) is 0 Å². The molecular weight excluding hydrogens is 384 g/mol. The van der Waals surface area contributed by atoms with Crippen molar-refractivity contribution in [2.45, 2.75) is 24.7 Å². The second-order valence-corrected chi connectivity index (χ2v) is 8.28. The van der Waals surface area contributed by atoms with Crippen LogP contribution in [-0.2, 0) is 4.79 Å². The Morgan fingerprint density at radius 3 is 2.48 bits per heavy atom. The molecule has 6 heteroatoms. The second-order valence-electron chi connectivity index (χ2n) is 7.26. The van der Waals surface area contributed by atoms with Crippen LogP contribution in [0, 0.1) is 6.92 Å². The number of nitrogens with zero attached hydrogens (tertiary/aromatic N) is 2. The Hall–Kier alpha value is -2.47. The molecule has 3 rings (SSSR count). The lowest BCUT2D eigenvalue weighted by molar-refractivity contribution is -0.127. The molecule has 0 N–H and O–H groups in total. The van der Waals surface area contributed by atoms with Gasteiger partial charge in [0.05, 0.1) is 17.9 Å². The zero-order valence-corrected chi connectivity index (χ0v) is 17.9. The van der Waals surface area contributed by atoms with E-state index in [1.165, 1.54) is 17.3 Å². The van der Waals surface area contributed by atoms with Crippen molar-refractivity contribution in [1.82, 2.24) is 9.80 Å². The highest BCUT2D eigenvalue weighted by molar-refractivity contribution is 8.00. The molecule has 29 heavy (non-hydrogen) atoms. The molecule has 1 fully saturated rings. The molecule has 1 saturated heterocycles. The van der Waals surface area contributed by atoms with Gasteiger partial charge < -0.3 is 14.5 Å². The van der Waals surface area contributed by atoms with Crippen LogP contribution in [0.1, 0.15) is 28.8 Å². The Labute approximate surface area is 177 Å². The van der Waals surface area contributed by atoms with Gasteiger partial charge in [0.1, 0.15) is 12.4 Å². The van der Waals surface area contributed by atoms with E-state index in [1.54, 1.807) is 11.9 Å². The summed E-state index contributed by atoms with van der Waals surface area (Å²) in [5, 5.41) is 0. The van der Waals surface area contributed by atoms with Gasteiger partial charge in [-0.25, -0.2) is 0 Å². The van der Waals surface area contributed by atoms with E-state index < -0.39 is 0 Å². The molecule has 0 atom stereocenters. The van der Waals surface area contributed by atoms with Crippen molar-refractivity contribution in [2.75, 3.05) is 39.0 Å². The van der Waals surface area contributed by atoms with Crippen molar-refractivity contribution in [3.8, 4) is 5.75 Å². The average molecular weight is 413 g/mol. The van der Waals surface area contributed by atoms with E-state index >= 15 is 0 Å². The standard InChI is InChI=1S/C23H28N2O3S/c1-18-9-11-19(12-10-18)28-16-15-24(2)23(27)20-7-3-4-8-21(20)29-17-22(26)25-13-5-6-14-25/h3-4,7-12H,5-6,13-17H2,1-2H3. The SMILES string of the molecule is Cc1ccc(OCCN(C)C(=O)c2ccccc2SCC(=O)N2CCCC2)cc1. The fraction of sp³-hybridized carbons (Fsp3) is 0.391. The van der Waals surface area contributed by atoms with E-state index in [9.17, 15) is 9.59 Å². The summed E-state index contributed by atoms with van der Waals surface area (Å²) in [4.78, 5) is 29.7. The monoisotopic (exact) mass is 412 g/mol. The first-order chi connectivity index (χ1) is 14.0. The molecule has 2 aromatic carbocycles. The molecule has 5 nitrogen and oxygen atoms in total. The summed E-state index contributed by atoms with van der Waals surface area (Å²) in [5.74, 6) is 1.25. The number of aryl methyl sites for hydroxylation is 1. The molecule has 0 radical (unpaired) electrons. The van der Waals surface area contributed by atoms with E-state index in [0.29, 0.717) is 24.5 Å². The number of hydrogen-bond acceptors (Lipinski definition) is 4. The Bertz CT molecular complexity index is 832. The number of thioether (sulfide) groups is 1. The van der Waals surface area contributed by atoms with Crippen LogP contribution in [0.5, 0.6) is 5.75 Å². The van der Waals surface area contributed by atoms with Gasteiger partial charge in [0, 0.05) is 25.0 Å². The maximum atomic E-state index is 12.9. The average Bonchev–Trinajstić information content (AvgIpc) is 3.28. The van der Waals surface area contributed by atoms with Gasteiger partial charge >= 0.3 is 0 Å². The first-order valence-corrected chi connectivity index (χ1v) is 11.0. The Morgan fingerprint density at radius 1 is 1.07 bits per heavy atom. The van der Waals surface area contributed by atoms with E-state index in [-0.39, 0.29) is 11.8 Å². The minimum absolute atomic E-state index is 0.0609. The molecule has 0 spiro atoms. The van der Waals surface area contributed by atoms with Crippen LogP contribution >= 0.6 is 11.8 Å². The molecule has 1 aliphatic heterocycles. The highest BCUT2D eigenvalue weighted by Gasteiger charge is 2.20. The van der Waals surface area contributed by atoms with Crippen molar-refractivity contribution in [2.24, 2.45) is 0 Å². The second kappa shape index (κ2) is 10.3. The summed E-state index contributed by atoms with van der Waals surface area (Å²) in [6.45, 7) is 4.64. The number of benzene rings is 2. The molecular formula is C23H28N2O3S. The zero-order chi connectivity index (χ0) is 20.6. The normalized spacial score (nSPS) is 13.4. The third-order valence-corrected chi connectivity index (χ3v) is 6.05. The Balaban J connectivity index is 1.53. The Kier molecular flexibility index (Phi) is 7.58. The molecule has 154 valence electrons. The summed E-state index contributed by atoms with van der Waals surface area (Å²) in [7, 11) is 1.78. The summed E-state index contributed by atoms with van der Waals surface area (Å²) < 4.78 is 5.73. The lowest BCUT2D eigenvalue weighted by Crippen LogP contribution is -2.31. The van der Waals surface area contributed by atoms with E-state index in [4.69, 9.17) is 4.74 Å². The number of hydrogen-bond donors (Lipinski definition) is 0. The van der Waals surface area contributed by atoms with Gasteiger partial charge in [-0.3, -0.25) is 9.59 Å². The summed E-state index contributed by atoms with van der Waals surface area (Å²) in [5.41, 5.74) is 1.81. The summed E-state index contributed by atoms with van der Waals surface area (Å²) in [6, 6.07) is 15.4. The lowest BCUT2D eigenvalue weighted by atomic mass is 10.2. The van der Waals surface area contributed by atoms with E-state index in [2.05, 4.69) is 0 Å². The van der Waals surface area contributed by atoms with Crippen LogP contribution in [0.25, 0.3) is 0 Å². The predicted octanol–water partition coefficient (Wildman–Crippen LogP) is 3.86. The minimum Gasteiger partial charge on any atom is -0.492 e. The van der Waals surface area contributed by atoms with Crippen LogP contribution in [0.2, 0.25) is 0 Å². The van der Waals surface area contributed by atoms with E-state index in [1.807, 2.05) is 60.4 Å². The topological polar surface area (TPSA) is 49.9 Å². The number of ether oxygens (including phenoxy) is 1. The van der Waals surface area contributed by atoms with Crippen molar-refractivity contribution in [3.05, 3.63) is 59.7 Å². The largest absolute Gasteiger partial charge is 0.492 e. The third-order valence-electron chi connectivity index (χ3n) is 4.99. The van der Waals surface area contributed by atoms with Gasteiger partial charge in [0.25, 0.3) is 5.91 Å². The van der Waals surface area contributed by atoms with Crippen LogP contribution in [0.3, 0.4) is 0 Å². The first-order valence-electron chi connectivity index (χ1n) is 9.99. The molecule has 2 amide bonds. The maximum Gasteiger partial charge on any atom is 0.254 e. The van der Waals surface area contributed by atoms with Crippen molar-refractivity contribution in [3.63, 3.8) is 0 Å². The van der Waals surface area contributed by atoms with Crippen LogP contribution < -0.4 is 4.74 Å². The highest BCUT2D eigenvalue weighted by Crippen LogP contribution is 2.24. The van der Waals surface area contributed by atoms with Gasteiger partial charge in [-0.1, -0.05) is 29.8 Å². The van der Waals surface area contributed by atoms with Gasteiger partial charge in [-0.2, -0.15) is 0 Å². The molecule has 0 aromatic heterocycles. The van der Waals surface area contributed by atoms with Crippen LogP contribution in [0.15, 0.2) is 53.4 Å². The number of likely N-dealkylation sites (tertiary alicyclic amines) is 1. The number of likely N-dealkylation sites (N-methyl/N-ethyl adjacent to an activating group) is 1. The van der Waals surface area contributed by atoms with Crippen molar-refractivity contribution >= 4 is 23.6 Å². The first kappa shape index (κ1) is 21.2. The number of rotatable bonds is 8. The minimum atomic E-state index is -0.0609. The van der Waals surface area contributed by atoms with Crippen molar-refractivity contribution < 1.29 is 14.3 Å². The fourth-order valence-electron chi connectivity index (χ4n) is 3.21. The molecule has 1 aliphatic rings. The lowest BCUT2D eigenvalue weighted by Gasteiger charge is -2.20. The zero-order valence-electron chi connectivity index (χ0n) is 17.1. The molecule has 1 heterocycles. The van der Waals surface area contributed by atoms with Crippen LogP contribution in [-0.4, -0.2) is 60.7 Å². The Morgan fingerprint density at radius 2 is 1.76 bits per heavy atom. The van der Waals surface area contributed by atoms with Gasteiger partial charge in [-0.05, 0) is 44.0 Å². The molecule has 0 aliphatic carbocycles. The van der Waals surface area contributed by atoms with Gasteiger partial charge in [-0.15, -0.1) is 11.8 Å². The molecule has 2 aromatic rings. The number of carbonyl (C=O) groups is 2. The number of carbonyl (C=O) groups excluding carboxylic acids is 2. The van der Waals surface area contributed by atoms with Gasteiger partial charge in [0.2, 0.25) is 5.91 Å².